The molecule has 1 amide bonds. The van der Waals surface area contributed by atoms with E-state index in [4.69, 9.17) is 9.05 Å². The van der Waals surface area contributed by atoms with E-state index in [0.717, 1.165) is 109 Å². The van der Waals surface area contributed by atoms with Crippen molar-refractivity contribution in [1.29, 1.82) is 0 Å². The molecule has 0 spiro atoms. The van der Waals surface area contributed by atoms with E-state index in [1.165, 1.54) is 77.0 Å². The highest BCUT2D eigenvalue weighted by Crippen LogP contribution is 2.43. The van der Waals surface area contributed by atoms with Crippen LogP contribution in [0, 0.1) is 0 Å². The lowest BCUT2D eigenvalue weighted by molar-refractivity contribution is -0.870. The smallest absolute Gasteiger partial charge is 0.387 e. The summed E-state index contributed by atoms with van der Waals surface area (Å²) in [5.74, 6) is -0.236. The molecule has 0 bridgehead atoms. The molecular formula is C70H116N2O6P+. The highest BCUT2D eigenvalue weighted by molar-refractivity contribution is 7.47. The van der Waals surface area contributed by atoms with Gasteiger partial charge in [0.1, 0.15) is 13.2 Å². The van der Waals surface area contributed by atoms with E-state index >= 15 is 0 Å². The van der Waals surface area contributed by atoms with Gasteiger partial charge in [-0.2, -0.15) is 0 Å². The second kappa shape index (κ2) is 58.5. The first-order valence-corrected chi connectivity index (χ1v) is 32.5. The summed E-state index contributed by atoms with van der Waals surface area (Å²) in [7, 11) is 1.50. The summed E-state index contributed by atoms with van der Waals surface area (Å²) in [6.45, 7) is 4.63. The van der Waals surface area contributed by atoms with Gasteiger partial charge in [0.2, 0.25) is 5.91 Å². The third-order valence-electron chi connectivity index (χ3n) is 12.7. The topological polar surface area (TPSA) is 105 Å². The SMILES string of the molecule is CC/C=C\C/C=C\C/C=C\C/C=C\C/C=C\C/C=C\C/C=C\C/C=C\C/C=C\C/C=C\C/C=C\C/C=C\CCCCC(=O)NC(COP(=O)(O)OCC[N+](C)(C)C)C(O)/C=C/CC/C=C/CCCCCCCCCCCCCC. The number of aliphatic hydroxyl groups excluding tert-OH is 1. The molecule has 0 rings (SSSR count). The monoisotopic (exact) mass is 1110 g/mol. The molecule has 8 nitrogen and oxygen atoms in total. The van der Waals surface area contributed by atoms with Crippen molar-refractivity contribution in [2.45, 2.75) is 225 Å². The van der Waals surface area contributed by atoms with Gasteiger partial charge in [0.25, 0.3) is 0 Å². The fraction of sp³-hybridized carbons (Fsp3) is 0.586. The maximum Gasteiger partial charge on any atom is 0.472 e. The fourth-order valence-electron chi connectivity index (χ4n) is 7.86. The quantitative estimate of drug-likeness (QED) is 0.0243. The lowest BCUT2D eigenvalue weighted by Gasteiger charge is -2.25. The van der Waals surface area contributed by atoms with Gasteiger partial charge in [-0.15, -0.1) is 0 Å². The third-order valence-corrected chi connectivity index (χ3v) is 13.7. The number of carbonyl (C=O) groups is 1. The Kier molecular flexibility index (Phi) is 55.4. The Bertz CT molecular complexity index is 1890. The fourth-order valence-corrected chi connectivity index (χ4v) is 8.60. The van der Waals surface area contributed by atoms with Crippen molar-refractivity contribution >= 4 is 13.7 Å². The van der Waals surface area contributed by atoms with Crippen LogP contribution in [0.5, 0.6) is 0 Å². The Labute approximate surface area is 485 Å². The zero-order valence-electron chi connectivity index (χ0n) is 50.8. The molecule has 3 unspecified atom stereocenters. The molecule has 0 aliphatic rings. The van der Waals surface area contributed by atoms with Crippen molar-refractivity contribution in [3.63, 3.8) is 0 Å². The van der Waals surface area contributed by atoms with E-state index < -0.39 is 20.0 Å². The Morgan fingerprint density at radius 1 is 0.443 bits per heavy atom. The van der Waals surface area contributed by atoms with E-state index in [2.05, 4.69) is 177 Å². The van der Waals surface area contributed by atoms with Crippen LogP contribution in [0.4, 0.5) is 0 Å². The van der Waals surface area contributed by atoms with Crippen molar-refractivity contribution in [2.24, 2.45) is 0 Å². The number of phosphoric ester groups is 1. The molecule has 9 heteroatoms. The molecule has 0 aromatic carbocycles. The zero-order chi connectivity index (χ0) is 57.7. The number of rotatable bonds is 54. The highest BCUT2D eigenvalue weighted by atomic mass is 31.2. The van der Waals surface area contributed by atoms with Gasteiger partial charge in [-0.05, 0) is 122 Å². The molecule has 79 heavy (non-hydrogen) atoms. The van der Waals surface area contributed by atoms with Gasteiger partial charge in [-0.3, -0.25) is 13.8 Å². The van der Waals surface area contributed by atoms with Crippen LogP contribution in [0.2, 0.25) is 0 Å². The summed E-state index contributed by atoms with van der Waals surface area (Å²) in [6, 6.07) is -0.900. The summed E-state index contributed by atoms with van der Waals surface area (Å²) in [6.07, 6.45) is 93.3. The molecule has 3 atom stereocenters. The predicted octanol–water partition coefficient (Wildman–Crippen LogP) is 19.6. The maximum atomic E-state index is 13.0. The van der Waals surface area contributed by atoms with Gasteiger partial charge in [0, 0.05) is 6.42 Å². The van der Waals surface area contributed by atoms with Crippen LogP contribution in [0.3, 0.4) is 0 Å². The first-order valence-electron chi connectivity index (χ1n) is 31.0. The Morgan fingerprint density at radius 2 is 0.772 bits per heavy atom. The largest absolute Gasteiger partial charge is 0.472 e. The summed E-state index contributed by atoms with van der Waals surface area (Å²) >= 11 is 0. The Hall–Kier alpha value is -4.14. The maximum absolute atomic E-state index is 13.0. The normalized spacial score (nSPS) is 15.0. The molecule has 0 heterocycles. The van der Waals surface area contributed by atoms with E-state index in [1.807, 2.05) is 27.2 Å². The van der Waals surface area contributed by atoms with Gasteiger partial charge in [0.15, 0.2) is 0 Å². The number of quaternary nitrogens is 1. The van der Waals surface area contributed by atoms with Crippen LogP contribution in [0.25, 0.3) is 0 Å². The molecule has 3 N–H and O–H groups in total. The van der Waals surface area contributed by atoms with Crippen LogP contribution in [-0.2, 0) is 18.4 Å². The Balaban J connectivity index is 4.31. The first kappa shape index (κ1) is 74.9. The number of likely N-dealkylation sites (N-methyl/N-ethyl adjacent to an activating group) is 1. The second-order valence-electron chi connectivity index (χ2n) is 21.3. The van der Waals surface area contributed by atoms with Crippen molar-refractivity contribution in [2.75, 3.05) is 40.9 Å². The number of unbranched alkanes of at least 4 members (excludes halogenated alkanes) is 15. The average Bonchev–Trinajstić information content (AvgIpc) is 3.42. The summed E-state index contributed by atoms with van der Waals surface area (Å²) < 4.78 is 23.7. The van der Waals surface area contributed by atoms with Crippen LogP contribution in [0.1, 0.15) is 213 Å². The molecule has 0 aliphatic heterocycles. The van der Waals surface area contributed by atoms with Gasteiger partial charge in [-0.1, -0.05) is 255 Å². The minimum Gasteiger partial charge on any atom is -0.387 e. The van der Waals surface area contributed by atoms with Crippen molar-refractivity contribution < 1.29 is 32.9 Å². The average molecular weight is 1110 g/mol. The highest BCUT2D eigenvalue weighted by Gasteiger charge is 2.27. The molecule has 0 aromatic heterocycles. The van der Waals surface area contributed by atoms with Crippen LogP contribution >= 0.6 is 7.82 Å². The molecule has 0 saturated heterocycles. The number of hydrogen-bond donors (Lipinski definition) is 3. The van der Waals surface area contributed by atoms with Crippen LogP contribution in [0.15, 0.2) is 170 Å². The molecule has 0 aromatic rings. The summed E-state index contributed by atoms with van der Waals surface area (Å²) in [5.41, 5.74) is 0. The van der Waals surface area contributed by atoms with E-state index in [9.17, 15) is 19.4 Å². The van der Waals surface area contributed by atoms with Gasteiger partial charge in [0.05, 0.1) is 39.9 Å². The summed E-state index contributed by atoms with van der Waals surface area (Å²) in [4.78, 5) is 23.3. The lowest BCUT2D eigenvalue weighted by atomic mass is 10.0. The molecule has 0 radical (unpaired) electrons. The van der Waals surface area contributed by atoms with E-state index in [1.54, 1.807) is 6.08 Å². The number of nitrogens with zero attached hydrogens (tertiary/aromatic N) is 1. The molecule has 0 aliphatic carbocycles. The number of aliphatic hydroxyl groups is 1. The van der Waals surface area contributed by atoms with Crippen LogP contribution in [-0.4, -0.2) is 73.4 Å². The molecule has 0 fully saturated rings. The van der Waals surface area contributed by atoms with E-state index in [-0.39, 0.29) is 25.5 Å². The van der Waals surface area contributed by atoms with Gasteiger partial charge in [-0.25, -0.2) is 4.57 Å². The number of carbonyl (C=O) groups excluding carboxylic acids is 1. The Morgan fingerprint density at radius 3 is 1.16 bits per heavy atom. The standard InChI is InChI=1S/C70H115N2O6P/c1-6-8-10-12-14-16-18-20-22-24-26-27-28-29-30-31-32-33-34-35-36-37-38-39-40-41-42-43-44-45-46-48-50-52-54-56-58-60-62-64-70(74)71-68(67-78-79(75,76)77-66-65-72(3,4)5)69(73)63-61-59-57-55-53-51-49-47-25-23-21-19-17-15-13-11-9-7-2/h8,10,14,16,20,22,26-27,29-30,32-33,35-36,38-39,41-42,44-45,48,50,53-56,61,63,68-69,73H,6-7,9,11-13,15,17-19,21,23-25,28,31,34,37,40,43,46-47,49,51-52,57-60,62,64-67H2,1-5H3,(H-,71,74,75,76)/p+1/b10-8-,16-14-,22-20-,27-26-,30-29-,33-32-,36-35-,39-38-,42-41-,45-44-,50-48-,55-53+,56-54-,63-61+. The lowest BCUT2D eigenvalue weighted by Crippen LogP contribution is -2.45. The predicted molar refractivity (Wildman–Crippen MR) is 345 cm³/mol. The number of hydrogen-bond acceptors (Lipinski definition) is 5. The minimum absolute atomic E-state index is 0.0382. The van der Waals surface area contributed by atoms with E-state index in [0.29, 0.717) is 17.4 Å². The zero-order valence-corrected chi connectivity index (χ0v) is 51.7. The number of nitrogens with one attached hydrogen (secondary N) is 1. The van der Waals surface area contributed by atoms with Crippen molar-refractivity contribution in [1.82, 2.24) is 5.32 Å². The first-order chi connectivity index (χ1) is 38.5. The summed E-state index contributed by atoms with van der Waals surface area (Å²) in [5, 5.41) is 13.9. The van der Waals surface area contributed by atoms with Gasteiger partial charge >= 0.3 is 7.82 Å². The number of amides is 1. The third kappa shape index (κ3) is 61.3. The minimum atomic E-state index is -4.38. The molecular weight excluding hydrogens is 996 g/mol. The van der Waals surface area contributed by atoms with Crippen LogP contribution < -0.4 is 5.32 Å². The van der Waals surface area contributed by atoms with Crippen molar-refractivity contribution in [3.05, 3.63) is 170 Å². The molecule has 446 valence electrons. The van der Waals surface area contributed by atoms with Crippen molar-refractivity contribution in [3.8, 4) is 0 Å². The van der Waals surface area contributed by atoms with Gasteiger partial charge < -0.3 is 19.8 Å². The molecule has 0 saturated carbocycles. The number of allylic oxidation sites excluding steroid dienone is 27. The number of phosphoric acid groups is 1. The second-order valence-corrected chi connectivity index (χ2v) is 22.8.